The van der Waals surface area contributed by atoms with Crippen LogP contribution in [0.5, 0.6) is 0 Å². The molecule has 104 valence electrons. The molecule has 0 aliphatic heterocycles. The van der Waals surface area contributed by atoms with Gasteiger partial charge in [-0.1, -0.05) is 18.2 Å². The third-order valence-corrected chi connectivity index (χ3v) is 3.36. The number of hydrogen-bond donors (Lipinski definition) is 1. The molecule has 0 aliphatic rings. The van der Waals surface area contributed by atoms with Crippen LogP contribution in [0, 0.1) is 5.82 Å². The molecule has 0 bridgehead atoms. The van der Waals surface area contributed by atoms with Crippen molar-refractivity contribution in [2.75, 3.05) is 7.05 Å². The molecule has 0 aliphatic carbocycles. The Morgan fingerprint density at radius 1 is 1.10 bits per heavy atom. The summed E-state index contributed by atoms with van der Waals surface area (Å²) in [6.45, 7) is 0. The molecule has 3 rings (SSSR count). The zero-order chi connectivity index (χ0) is 14.8. The van der Waals surface area contributed by atoms with E-state index in [0.29, 0.717) is 5.56 Å². The van der Waals surface area contributed by atoms with Gasteiger partial charge in [-0.15, -0.1) is 0 Å². The monoisotopic (exact) mass is 280 g/mol. The van der Waals surface area contributed by atoms with Gasteiger partial charge in [-0.3, -0.25) is 9.78 Å². The smallest absolute Gasteiger partial charge is 0.251 e. The number of pyridine rings is 1. The van der Waals surface area contributed by atoms with Crippen LogP contribution in [0.1, 0.15) is 10.4 Å². The van der Waals surface area contributed by atoms with Crippen LogP contribution in [0.15, 0.2) is 54.7 Å². The number of benzene rings is 2. The van der Waals surface area contributed by atoms with Gasteiger partial charge in [-0.05, 0) is 35.9 Å². The second-order valence-electron chi connectivity index (χ2n) is 4.69. The predicted molar refractivity (Wildman–Crippen MR) is 80.5 cm³/mol. The maximum atomic E-state index is 13.3. The molecule has 0 saturated heterocycles. The first-order valence-corrected chi connectivity index (χ1v) is 6.56. The standard InChI is InChI=1S/C17H13FN2O/c1-19-17(21)14-6-3-7-16-15(14)9-12(10-20-16)11-4-2-5-13(18)8-11/h2-10H,1H3,(H,19,21). The Morgan fingerprint density at radius 2 is 1.90 bits per heavy atom. The molecule has 3 nitrogen and oxygen atoms in total. The van der Waals surface area contributed by atoms with Crippen molar-refractivity contribution in [1.82, 2.24) is 10.3 Å². The highest BCUT2D eigenvalue weighted by atomic mass is 19.1. The van der Waals surface area contributed by atoms with Crippen molar-refractivity contribution in [3.63, 3.8) is 0 Å². The van der Waals surface area contributed by atoms with E-state index >= 15 is 0 Å². The Labute approximate surface area is 121 Å². The summed E-state index contributed by atoms with van der Waals surface area (Å²) in [6, 6.07) is 13.6. The highest BCUT2D eigenvalue weighted by Crippen LogP contribution is 2.25. The molecule has 21 heavy (non-hydrogen) atoms. The number of aromatic nitrogens is 1. The summed E-state index contributed by atoms with van der Waals surface area (Å²) in [7, 11) is 1.59. The largest absolute Gasteiger partial charge is 0.355 e. The summed E-state index contributed by atoms with van der Waals surface area (Å²) in [6.07, 6.45) is 1.69. The third kappa shape index (κ3) is 2.48. The highest BCUT2D eigenvalue weighted by molar-refractivity contribution is 6.06. The second kappa shape index (κ2) is 5.32. The van der Waals surface area contributed by atoms with Gasteiger partial charge in [-0.25, -0.2) is 4.39 Å². The van der Waals surface area contributed by atoms with Crippen LogP contribution in [0.3, 0.4) is 0 Å². The summed E-state index contributed by atoms with van der Waals surface area (Å²) in [5.74, 6) is -0.467. The van der Waals surface area contributed by atoms with E-state index in [0.717, 1.165) is 22.0 Å². The van der Waals surface area contributed by atoms with Crippen molar-refractivity contribution in [2.45, 2.75) is 0 Å². The van der Waals surface area contributed by atoms with E-state index < -0.39 is 0 Å². The van der Waals surface area contributed by atoms with Gasteiger partial charge < -0.3 is 5.32 Å². The lowest BCUT2D eigenvalue weighted by Gasteiger charge is -2.07. The molecule has 0 saturated carbocycles. The zero-order valence-corrected chi connectivity index (χ0v) is 11.4. The van der Waals surface area contributed by atoms with Crippen molar-refractivity contribution in [3.8, 4) is 11.1 Å². The van der Waals surface area contributed by atoms with Crippen LogP contribution in [0.25, 0.3) is 22.0 Å². The van der Waals surface area contributed by atoms with Crippen molar-refractivity contribution >= 4 is 16.8 Å². The average Bonchev–Trinajstić information content (AvgIpc) is 2.53. The van der Waals surface area contributed by atoms with Crippen LogP contribution in [-0.2, 0) is 0 Å². The fraction of sp³-hybridized carbons (Fsp3) is 0.0588. The number of carbonyl (C=O) groups is 1. The first-order valence-electron chi connectivity index (χ1n) is 6.56. The van der Waals surface area contributed by atoms with Gasteiger partial charge in [0.15, 0.2) is 0 Å². The molecule has 1 heterocycles. The molecule has 0 spiro atoms. The Morgan fingerprint density at radius 3 is 2.67 bits per heavy atom. The summed E-state index contributed by atoms with van der Waals surface area (Å²) < 4.78 is 13.3. The van der Waals surface area contributed by atoms with Crippen molar-refractivity contribution in [2.24, 2.45) is 0 Å². The number of hydrogen-bond acceptors (Lipinski definition) is 2. The van der Waals surface area contributed by atoms with E-state index in [-0.39, 0.29) is 11.7 Å². The molecule has 3 aromatic rings. The van der Waals surface area contributed by atoms with E-state index in [4.69, 9.17) is 0 Å². The number of halogens is 1. The van der Waals surface area contributed by atoms with Gasteiger partial charge >= 0.3 is 0 Å². The van der Waals surface area contributed by atoms with E-state index in [1.54, 1.807) is 31.4 Å². The van der Waals surface area contributed by atoms with Gasteiger partial charge in [0.05, 0.1) is 5.52 Å². The number of amides is 1. The lowest BCUT2D eigenvalue weighted by molar-refractivity contribution is 0.0964. The molecule has 1 amide bonds. The number of carbonyl (C=O) groups excluding carboxylic acids is 1. The minimum Gasteiger partial charge on any atom is -0.355 e. The number of nitrogens with one attached hydrogen (secondary N) is 1. The summed E-state index contributed by atoms with van der Waals surface area (Å²) in [4.78, 5) is 16.3. The van der Waals surface area contributed by atoms with E-state index in [1.165, 1.54) is 12.1 Å². The fourth-order valence-electron chi connectivity index (χ4n) is 2.31. The van der Waals surface area contributed by atoms with Gasteiger partial charge in [0.1, 0.15) is 5.82 Å². The average molecular weight is 280 g/mol. The minimum absolute atomic E-state index is 0.168. The van der Waals surface area contributed by atoms with E-state index in [2.05, 4.69) is 10.3 Å². The van der Waals surface area contributed by atoms with Gasteiger partial charge in [0.2, 0.25) is 0 Å². The number of nitrogens with zero attached hydrogens (tertiary/aromatic N) is 1. The Hall–Kier alpha value is -2.75. The third-order valence-electron chi connectivity index (χ3n) is 3.36. The Bertz CT molecular complexity index is 830. The maximum Gasteiger partial charge on any atom is 0.251 e. The van der Waals surface area contributed by atoms with Crippen LogP contribution in [0.2, 0.25) is 0 Å². The topological polar surface area (TPSA) is 42.0 Å². The second-order valence-corrected chi connectivity index (χ2v) is 4.69. The molecule has 4 heteroatoms. The first kappa shape index (κ1) is 13.2. The molecule has 0 unspecified atom stereocenters. The molecule has 1 aromatic heterocycles. The highest BCUT2D eigenvalue weighted by Gasteiger charge is 2.10. The number of rotatable bonds is 2. The van der Waals surface area contributed by atoms with Crippen molar-refractivity contribution in [1.29, 1.82) is 0 Å². The quantitative estimate of drug-likeness (QED) is 0.781. The van der Waals surface area contributed by atoms with Crippen molar-refractivity contribution in [3.05, 3.63) is 66.1 Å². The maximum absolute atomic E-state index is 13.3. The van der Waals surface area contributed by atoms with Crippen LogP contribution in [0.4, 0.5) is 4.39 Å². The van der Waals surface area contributed by atoms with Crippen LogP contribution < -0.4 is 5.32 Å². The van der Waals surface area contributed by atoms with Gasteiger partial charge in [0, 0.05) is 29.8 Å². The predicted octanol–water partition coefficient (Wildman–Crippen LogP) is 3.40. The summed E-state index contributed by atoms with van der Waals surface area (Å²) in [5, 5.41) is 3.36. The molecule has 1 N–H and O–H groups in total. The fourth-order valence-corrected chi connectivity index (χ4v) is 2.31. The Balaban J connectivity index is 2.21. The molecular formula is C17H13FN2O. The van der Waals surface area contributed by atoms with Crippen LogP contribution >= 0.6 is 0 Å². The normalized spacial score (nSPS) is 10.6. The minimum atomic E-state index is -0.299. The SMILES string of the molecule is CNC(=O)c1cccc2ncc(-c3cccc(F)c3)cc12. The molecule has 0 atom stereocenters. The number of fused-ring (bicyclic) bond motifs is 1. The lowest BCUT2D eigenvalue weighted by atomic mass is 10.0. The van der Waals surface area contributed by atoms with Gasteiger partial charge in [0.25, 0.3) is 5.91 Å². The van der Waals surface area contributed by atoms with E-state index in [9.17, 15) is 9.18 Å². The summed E-state index contributed by atoms with van der Waals surface area (Å²) in [5.41, 5.74) is 2.80. The summed E-state index contributed by atoms with van der Waals surface area (Å²) >= 11 is 0. The molecule has 0 radical (unpaired) electrons. The lowest BCUT2D eigenvalue weighted by Crippen LogP contribution is -2.18. The van der Waals surface area contributed by atoms with Crippen molar-refractivity contribution < 1.29 is 9.18 Å². The molecular weight excluding hydrogens is 267 g/mol. The first-order chi connectivity index (χ1) is 10.2. The van der Waals surface area contributed by atoms with E-state index in [1.807, 2.05) is 18.2 Å². The zero-order valence-electron chi connectivity index (χ0n) is 11.4. The molecule has 0 fully saturated rings. The Kier molecular flexibility index (Phi) is 3.36. The van der Waals surface area contributed by atoms with Gasteiger partial charge in [-0.2, -0.15) is 0 Å². The van der Waals surface area contributed by atoms with Crippen LogP contribution in [-0.4, -0.2) is 17.9 Å². The molecule has 2 aromatic carbocycles.